The fraction of sp³-hybridized carbons (Fsp3) is 0.902. The minimum absolute atomic E-state index is 0.248. The van der Waals surface area contributed by atoms with Crippen molar-refractivity contribution in [3.8, 4) is 0 Å². The van der Waals surface area contributed by atoms with Crippen LogP contribution in [0.3, 0.4) is 0 Å². The molecule has 1 heterocycles. The molecule has 9 unspecified atom stereocenters. The Hall–Kier alpha value is -1.41. The van der Waals surface area contributed by atoms with Gasteiger partial charge in [-0.15, -0.1) is 0 Å². The Bertz CT molecular complexity index is 1060. The number of carbonyl (C=O) groups is 1. The van der Waals surface area contributed by atoms with Crippen LogP contribution in [0.4, 0.5) is 0 Å². The first-order valence-electron chi connectivity index (χ1n) is 25.7. The zero-order valence-corrected chi connectivity index (χ0v) is 39.6. The van der Waals surface area contributed by atoms with Crippen LogP contribution in [-0.4, -0.2) is 110 Å². The number of amides is 1. The number of ether oxygens (including phenoxy) is 2. The molecule has 8 N–H and O–H groups in total. The fourth-order valence-corrected chi connectivity index (χ4v) is 8.20. The number of nitrogens with one attached hydrogen (secondary N) is 1. The third-order valence-electron chi connectivity index (χ3n) is 12.5. The molecular formula is C51H97NO10. The van der Waals surface area contributed by atoms with Gasteiger partial charge < -0.3 is 50.5 Å². The lowest BCUT2D eigenvalue weighted by Crippen LogP contribution is -2.60. The van der Waals surface area contributed by atoms with Crippen LogP contribution in [0.1, 0.15) is 226 Å². The molecule has 1 amide bonds. The maximum Gasteiger partial charge on any atom is 0.249 e. The molecule has 1 aliphatic heterocycles. The summed E-state index contributed by atoms with van der Waals surface area (Å²) in [4.78, 5) is 13.1. The van der Waals surface area contributed by atoms with Crippen molar-refractivity contribution >= 4 is 5.91 Å². The molecule has 62 heavy (non-hydrogen) atoms. The first-order chi connectivity index (χ1) is 30.2. The Balaban J connectivity index is 2.41. The molecule has 9 atom stereocenters. The highest BCUT2D eigenvalue weighted by Crippen LogP contribution is 2.23. The van der Waals surface area contributed by atoms with E-state index in [0.717, 1.165) is 57.8 Å². The quantitative estimate of drug-likeness (QED) is 0.0216. The monoisotopic (exact) mass is 884 g/mol. The molecule has 366 valence electrons. The van der Waals surface area contributed by atoms with Gasteiger partial charge in [0.25, 0.3) is 0 Å². The highest BCUT2D eigenvalue weighted by molar-refractivity contribution is 5.80. The summed E-state index contributed by atoms with van der Waals surface area (Å²) < 4.78 is 11.1. The smallest absolute Gasteiger partial charge is 0.249 e. The lowest BCUT2D eigenvalue weighted by molar-refractivity contribution is -0.303. The molecule has 0 bridgehead atoms. The van der Waals surface area contributed by atoms with Crippen LogP contribution in [0.2, 0.25) is 0 Å². The van der Waals surface area contributed by atoms with Crippen LogP contribution < -0.4 is 5.32 Å². The SMILES string of the molecule is CCCCCCCCCCCC/C=C\CCCCCCCCC(O)C(=O)NC(COC1OC(CO)C(O)C(O)C1O)C(O)C(O)CCC/C=C/CCCCCCCCCCCC. The van der Waals surface area contributed by atoms with Crippen molar-refractivity contribution < 1.29 is 50.0 Å². The third kappa shape index (κ3) is 29.9. The van der Waals surface area contributed by atoms with E-state index in [4.69, 9.17) is 9.47 Å². The van der Waals surface area contributed by atoms with Gasteiger partial charge >= 0.3 is 0 Å². The number of carbonyl (C=O) groups excluding carboxylic acids is 1. The summed E-state index contributed by atoms with van der Waals surface area (Å²) in [6.07, 6.45) is 35.1. The molecule has 0 aliphatic carbocycles. The molecule has 0 radical (unpaired) electrons. The van der Waals surface area contributed by atoms with E-state index in [2.05, 4.69) is 43.5 Å². The molecule has 1 fully saturated rings. The summed E-state index contributed by atoms with van der Waals surface area (Å²) in [5.74, 6) is -0.710. The van der Waals surface area contributed by atoms with Gasteiger partial charge in [-0.05, 0) is 64.2 Å². The summed E-state index contributed by atoms with van der Waals surface area (Å²) in [5.41, 5.74) is 0. The average Bonchev–Trinajstić information content (AvgIpc) is 3.27. The van der Waals surface area contributed by atoms with Gasteiger partial charge in [0.1, 0.15) is 36.6 Å². The molecule has 1 saturated heterocycles. The van der Waals surface area contributed by atoms with Gasteiger partial charge in [0.15, 0.2) is 6.29 Å². The molecule has 0 spiro atoms. The molecule has 11 heteroatoms. The van der Waals surface area contributed by atoms with E-state index in [1.165, 1.54) is 128 Å². The molecule has 0 aromatic heterocycles. The van der Waals surface area contributed by atoms with E-state index in [1.54, 1.807) is 0 Å². The number of unbranched alkanes of at least 4 members (excludes halogenated alkanes) is 27. The summed E-state index contributed by atoms with van der Waals surface area (Å²) in [6.45, 7) is 3.44. The fourth-order valence-electron chi connectivity index (χ4n) is 8.20. The minimum Gasteiger partial charge on any atom is -0.394 e. The first kappa shape index (κ1) is 58.6. The van der Waals surface area contributed by atoms with Gasteiger partial charge in [-0.3, -0.25) is 4.79 Å². The van der Waals surface area contributed by atoms with Crippen molar-refractivity contribution in [3.63, 3.8) is 0 Å². The maximum absolute atomic E-state index is 13.1. The summed E-state index contributed by atoms with van der Waals surface area (Å²) in [6, 6.07) is -1.18. The number of allylic oxidation sites excluding steroid dienone is 4. The van der Waals surface area contributed by atoms with Gasteiger partial charge in [-0.1, -0.05) is 186 Å². The molecule has 0 saturated carbocycles. The van der Waals surface area contributed by atoms with Gasteiger partial charge in [0.05, 0.1) is 25.4 Å². The number of hydrogen-bond acceptors (Lipinski definition) is 10. The number of aliphatic hydroxyl groups is 7. The Morgan fingerprint density at radius 1 is 0.548 bits per heavy atom. The molecule has 0 aromatic carbocycles. The predicted molar refractivity (Wildman–Crippen MR) is 252 cm³/mol. The van der Waals surface area contributed by atoms with Crippen molar-refractivity contribution in [2.45, 2.75) is 281 Å². The Labute approximate surface area is 378 Å². The van der Waals surface area contributed by atoms with E-state index in [-0.39, 0.29) is 12.8 Å². The van der Waals surface area contributed by atoms with Crippen molar-refractivity contribution in [2.24, 2.45) is 0 Å². The van der Waals surface area contributed by atoms with Gasteiger partial charge in [0.2, 0.25) is 5.91 Å². The first-order valence-corrected chi connectivity index (χ1v) is 25.7. The minimum atomic E-state index is -1.67. The number of hydrogen-bond donors (Lipinski definition) is 8. The van der Waals surface area contributed by atoms with E-state index < -0.39 is 74.2 Å². The normalized spacial score (nSPS) is 21.5. The predicted octanol–water partition coefficient (Wildman–Crippen LogP) is 9.40. The summed E-state index contributed by atoms with van der Waals surface area (Å²) in [5, 5.41) is 75.8. The summed E-state index contributed by atoms with van der Waals surface area (Å²) >= 11 is 0. The second kappa shape index (κ2) is 41.1. The standard InChI is InChI=1S/C51H97NO10/c1-3-5-7-9-11-13-15-17-19-20-21-22-23-25-27-29-31-33-35-37-39-44(55)50(60)52-42(41-61-51-49(59)48(58)47(57)45(40-53)62-51)46(56)43(54)38-36-34-32-30-28-26-24-18-16-14-12-10-8-6-4-2/h22-23,30,32,42-49,51,53-59H,3-21,24-29,31,33-41H2,1-2H3,(H,52,60)/b23-22-,32-30+. The highest BCUT2D eigenvalue weighted by Gasteiger charge is 2.44. The van der Waals surface area contributed by atoms with E-state index >= 15 is 0 Å². The number of rotatable bonds is 43. The van der Waals surface area contributed by atoms with Crippen LogP contribution in [0, 0.1) is 0 Å². The Morgan fingerprint density at radius 3 is 1.39 bits per heavy atom. The van der Waals surface area contributed by atoms with Gasteiger partial charge in [-0.2, -0.15) is 0 Å². The van der Waals surface area contributed by atoms with E-state index in [9.17, 15) is 40.5 Å². The largest absolute Gasteiger partial charge is 0.394 e. The maximum atomic E-state index is 13.1. The van der Waals surface area contributed by atoms with Crippen molar-refractivity contribution in [2.75, 3.05) is 13.2 Å². The molecule has 11 nitrogen and oxygen atoms in total. The van der Waals surface area contributed by atoms with Crippen LogP contribution >= 0.6 is 0 Å². The molecule has 0 aromatic rings. The molecule has 1 aliphatic rings. The average molecular weight is 884 g/mol. The van der Waals surface area contributed by atoms with E-state index in [0.29, 0.717) is 12.8 Å². The molecular weight excluding hydrogens is 787 g/mol. The third-order valence-corrected chi connectivity index (χ3v) is 12.5. The zero-order valence-electron chi connectivity index (χ0n) is 39.6. The second-order valence-corrected chi connectivity index (χ2v) is 18.2. The summed E-state index contributed by atoms with van der Waals surface area (Å²) in [7, 11) is 0. The topological polar surface area (TPSA) is 189 Å². The lowest BCUT2D eigenvalue weighted by atomic mass is 9.98. The van der Waals surface area contributed by atoms with Crippen LogP contribution in [0.25, 0.3) is 0 Å². The zero-order chi connectivity index (χ0) is 45.5. The van der Waals surface area contributed by atoms with Crippen LogP contribution in [-0.2, 0) is 14.3 Å². The van der Waals surface area contributed by atoms with Gasteiger partial charge in [0, 0.05) is 0 Å². The number of aliphatic hydroxyl groups excluding tert-OH is 7. The van der Waals surface area contributed by atoms with Gasteiger partial charge in [-0.25, -0.2) is 0 Å². The van der Waals surface area contributed by atoms with Crippen LogP contribution in [0.5, 0.6) is 0 Å². The Morgan fingerprint density at radius 2 is 0.952 bits per heavy atom. The van der Waals surface area contributed by atoms with Crippen molar-refractivity contribution in [1.29, 1.82) is 0 Å². The lowest BCUT2D eigenvalue weighted by Gasteiger charge is -2.40. The van der Waals surface area contributed by atoms with E-state index in [1.807, 2.05) is 0 Å². The molecule has 1 rings (SSSR count). The van der Waals surface area contributed by atoms with Crippen molar-refractivity contribution in [1.82, 2.24) is 5.32 Å². The Kier molecular flexibility index (Phi) is 38.8. The van der Waals surface area contributed by atoms with Crippen LogP contribution in [0.15, 0.2) is 24.3 Å². The second-order valence-electron chi connectivity index (χ2n) is 18.2. The van der Waals surface area contributed by atoms with Crippen molar-refractivity contribution in [3.05, 3.63) is 24.3 Å². The highest BCUT2D eigenvalue weighted by atomic mass is 16.7.